The van der Waals surface area contributed by atoms with Crippen LogP contribution in [0.2, 0.25) is 0 Å². The molecule has 1 unspecified atom stereocenters. The van der Waals surface area contributed by atoms with Gasteiger partial charge >= 0.3 is 0 Å². The van der Waals surface area contributed by atoms with Crippen LogP contribution in [-0.4, -0.2) is 42.2 Å². The number of aliphatic hydroxyl groups is 1. The van der Waals surface area contributed by atoms with Crippen molar-refractivity contribution < 1.29 is 13.5 Å². The molecule has 0 heterocycles. The zero-order valence-corrected chi connectivity index (χ0v) is 8.89. The van der Waals surface area contributed by atoms with Gasteiger partial charge in [0.2, 0.25) is 10.0 Å². The highest BCUT2D eigenvalue weighted by atomic mass is 79.9. The highest BCUT2D eigenvalue weighted by Gasteiger charge is 2.16. The number of sulfonamides is 1. The molecular weight excluding hydrogens is 234 g/mol. The van der Waals surface area contributed by atoms with Gasteiger partial charge in [-0.05, 0) is 6.92 Å². The van der Waals surface area contributed by atoms with Gasteiger partial charge in [-0.2, -0.15) is 0 Å². The summed E-state index contributed by atoms with van der Waals surface area (Å²) in [6.07, 6.45) is -0.631. The van der Waals surface area contributed by atoms with Gasteiger partial charge in [0.25, 0.3) is 0 Å². The molecule has 6 heteroatoms. The minimum absolute atomic E-state index is 0.108. The van der Waals surface area contributed by atoms with E-state index < -0.39 is 16.1 Å². The fourth-order valence-electron chi connectivity index (χ4n) is 0.569. The summed E-state index contributed by atoms with van der Waals surface area (Å²) in [5.74, 6) is 0. The summed E-state index contributed by atoms with van der Waals surface area (Å²) < 4.78 is 23.0. The molecule has 0 aliphatic rings. The number of aliphatic hydroxyl groups excluding tert-OH is 1. The Hall–Kier alpha value is 0.350. The second-order valence-corrected chi connectivity index (χ2v) is 5.73. The lowest BCUT2D eigenvalue weighted by molar-refractivity contribution is 0.171. The molecule has 0 saturated carbocycles. The molecule has 0 aromatic rings. The number of halogens is 1. The molecule has 0 radical (unpaired) electrons. The summed E-state index contributed by atoms with van der Waals surface area (Å²) in [5, 5.41) is 8.86. The van der Waals surface area contributed by atoms with Gasteiger partial charge in [-0.15, -0.1) is 0 Å². The largest absolute Gasteiger partial charge is 0.392 e. The first-order valence-corrected chi connectivity index (χ1v) is 5.81. The van der Waals surface area contributed by atoms with Crippen LogP contribution in [0.25, 0.3) is 0 Å². The van der Waals surface area contributed by atoms with E-state index in [4.69, 9.17) is 5.11 Å². The second kappa shape index (κ2) is 4.39. The molecule has 0 saturated heterocycles. The van der Waals surface area contributed by atoms with E-state index in [-0.39, 0.29) is 11.2 Å². The van der Waals surface area contributed by atoms with Crippen molar-refractivity contribution in [3.63, 3.8) is 0 Å². The van der Waals surface area contributed by atoms with Gasteiger partial charge in [0.1, 0.15) is 4.66 Å². The maximum atomic E-state index is 11.0. The van der Waals surface area contributed by atoms with Crippen LogP contribution in [0.4, 0.5) is 0 Å². The summed E-state index contributed by atoms with van der Waals surface area (Å²) >= 11 is 2.85. The normalized spacial score (nSPS) is 15.4. The maximum absolute atomic E-state index is 11.0. The van der Waals surface area contributed by atoms with Crippen molar-refractivity contribution in [1.29, 1.82) is 0 Å². The Bertz CT molecular complexity index is 202. The zero-order valence-electron chi connectivity index (χ0n) is 6.49. The van der Waals surface area contributed by atoms with Crippen LogP contribution in [0.1, 0.15) is 6.92 Å². The number of rotatable bonds is 4. The Labute approximate surface area is 75.4 Å². The molecule has 0 rings (SSSR count). The van der Waals surface area contributed by atoms with E-state index >= 15 is 0 Å². The fraction of sp³-hybridized carbons (Fsp3) is 1.00. The Morgan fingerprint density at radius 2 is 2.09 bits per heavy atom. The molecule has 68 valence electrons. The monoisotopic (exact) mass is 245 g/mol. The van der Waals surface area contributed by atoms with Gasteiger partial charge < -0.3 is 5.11 Å². The third-order valence-electron chi connectivity index (χ3n) is 1.13. The molecule has 0 spiro atoms. The number of hydrogen-bond donors (Lipinski definition) is 1. The van der Waals surface area contributed by atoms with Crippen LogP contribution in [0.15, 0.2) is 0 Å². The molecule has 1 N–H and O–H groups in total. The summed E-state index contributed by atoms with van der Waals surface area (Å²) in [6.45, 7) is 1.67. The Balaban J connectivity index is 4.14. The van der Waals surface area contributed by atoms with Crippen molar-refractivity contribution >= 4 is 26.0 Å². The highest BCUT2D eigenvalue weighted by Crippen LogP contribution is 2.02. The molecule has 0 aromatic carbocycles. The zero-order chi connectivity index (χ0) is 9.07. The van der Waals surface area contributed by atoms with E-state index in [0.717, 1.165) is 4.31 Å². The molecule has 0 aromatic heterocycles. The third-order valence-corrected chi connectivity index (χ3v) is 4.24. The first kappa shape index (κ1) is 11.4. The van der Waals surface area contributed by atoms with Gasteiger partial charge in [0.05, 0.1) is 6.10 Å². The highest BCUT2D eigenvalue weighted by molar-refractivity contribution is 9.10. The van der Waals surface area contributed by atoms with Crippen molar-refractivity contribution in [3.8, 4) is 0 Å². The number of hydrogen-bond acceptors (Lipinski definition) is 3. The molecule has 4 nitrogen and oxygen atoms in total. The van der Waals surface area contributed by atoms with Crippen molar-refractivity contribution in [2.75, 3.05) is 18.3 Å². The van der Waals surface area contributed by atoms with E-state index in [2.05, 4.69) is 15.9 Å². The minimum atomic E-state index is -3.20. The predicted molar refractivity (Wildman–Crippen MR) is 47.0 cm³/mol. The summed E-state index contributed by atoms with van der Waals surface area (Å²) in [6, 6.07) is 0. The van der Waals surface area contributed by atoms with Crippen LogP contribution in [0.3, 0.4) is 0 Å². The van der Waals surface area contributed by atoms with E-state index in [9.17, 15) is 8.42 Å². The van der Waals surface area contributed by atoms with Crippen molar-refractivity contribution in [2.45, 2.75) is 13.0 Å². The fourth-order valence-corrected chi connectivity index (χ4v) is 2.23. The first-order valence-electron chi connectivity index (χ1n) is 3.08. The predicted octanol–water partition coefficient (Wildman–Crippen LogP) is -0.0188. The van der Waals surface area contributed by atoms with Crippen LogP contribution >= 0.6 is 15.9 Å². The molecule has 11 heavy (non-hydrogen) atoms. The topological polar surface area (TPSA) is 57.6 Å². The van der Waals surface area contributed by atoms with E-state index in [1.54, 1.807) is 6.92 Å². The molecule has 0 fully saturated rings. The smallest absolute Gasteiger partial charge is 0.223 e. The summed E-state index contributed by atoms with van der Waals surface area (Å²) in [4.78, 5) is 0. The quantitative estimate of drug-likeness (QED) is 0.709. The van der Waals surface area contributed by atoms with Crippen LogP contribution < -0.4 is 0 Å². The second-order valence-electron chi connectivity index (χ2n) is 2.35. The van der Waals surface area contributed by atoms with Gasteiger partial charge in [-0.3, -0.25) is 0 Å². The van der Waals surface area contributed by atoms with E-state index in [1.807, 2.05) is 0 Å². The molecule has 0 aliphatic heterocycles. The van der Waals surface area contributed by atoms with E-state index in [1.165, 1.54) is 7.05 Å². The molecule has 1 atom stereocenters. The number of alkyl halides is 1. The van der Waals surface area contributed by atoms with E-state index in [0.29, 0.717) is 0 Å². The van der Waals surface area contributed by atoms with Gasteiger partial charge in [0, 0.05) is 13.6 Å². The van der Waals surface area contributed by atoms with Crippen molar-refractivity contribution in [3.05, 3.63) is 0 Å². The Kier molecular flexibility index (Phi) is 4.53. The molecule has 0 amide bonds. The maximum Gasteiger partial charge on any atom is 0.223 e. The van der Waals surface area contributed by atoms with Crippen molar-refractivity contribution in [1.82, 2.24) is 4.31 Å². The lowest BCUT2D eigenvalue weighted by Crippen LogP contribution is -2.33. The average molecular weight is 246 g/mol. The SMILES string of the molecule is CC(O)CN(C)S(=O)(=O)CBr. The standard InChI is InChI=1S/C5H12BrNO3S/c1-5(8)3-7(2)11(9,10)4-6/h5,8H,3-4H2,1-2H3. The van der Waals surface area contributed by atoms with Crippen molar-refractivity contribution in [2.24, 2.45) is 0 Å². The van der Waals surface area contributed by atoms with Crippen LogP contribution in [-0.2, 0) is 10.0 Å². The van der Waals surface area contributed by atoms with Gasteiger partial charge in [0.15, 0.2) is 0 Å². The Morgan fingerprint density at radius 3 is 2.36 bits per heavy atom. The number of nitrogens with zero attached hydrogens (tertiary/aromatic N) is 1. The first-order chi connectivity index (χ1) is 4.90. The average Bonchev–Trinajstić information content (AvgIpc) is 1.86. The van der Waals surface area contributed by atoms with Crippen LogP contribution in [0.5, 0.6) is 0 Å². The molecular formula is C5H12BrNO3S. The van der Waals surface area contributed by atoms with Gasteiger partial charge in [-0.25, -0.2) is 12.7 Å². The van der Waals surface area contributed by atoms with Crippen LogP contribution in [0, 0.1) is 0 Å². The lowest BCUT2D eigenvalue weighted by Gasteiger charge is -2.16. The summed E-state index contributed by atoms with van der Waals surface area (Å²) in [7, 11) is -1.77. The number of likely N-dealkylation sites (N-methyl/N-ethyl adjacent to an activating group) is 1. The lowest BCUT2D eigenvalue weighted by atomic mass is 10.4. The Morgan fingerprint density at radius 1 is 1.64 bits per heavy atom. The summed E-state index contributed by atoms with van der Waals surface area (Å²) in [5.41, 5.74) is 0. The minimum Gasteiger partial charge on any atom is -0.392 e. The van der Waals surface area contributed by atoms with Gasteiger partial charge in [-0.1, -0.05) is 15.9 Å². The molecule has 0 aliphatic carbocycles. The molecule has 0 bridgehead atoms. The third kappa shape index (κ3) is 4.05.